The average molecular weight is 362 g/mol. The van der Waals surface area contributed by atoms with Crippen molar-refractivity contribution >= 4 is 28.3 Å². The Morgan fingerprint density at radius 2 is 2.12 bits per heavy atom. The predicted molar refractivity (Wildman–Crippen MR) is 103 cm³/mol. The van der Waals surface area contributed by atoms with E-state index in [1.807, 2.05) is 31.2 Å². The van der Waals surface area contributed by atoms with Crippen molar-refractivity contribution in [1.29, 1.82) is 5.26 Å². The first-order valence-electron chi connectivity index (χ1n) is 7.71. The van der Waals surface area contributed by atoms with Crippen molar-refractivity contribution in [3.63, 3.8) is 0 Å². The topological polar surface area (TPSA) is 91.8 Å². The lowest BCUT2D eigenvalue weighted by Crippen LogP contribution is -1.93. The van der Waals surface area contributed by atoms with Gasteiger partial charge in [-0.05, 0) is 18.6 Å². The van der Waals surface area contributed by atoms with Crippen molar-refractivity contribution < 1.29 is 4.92 Å². The number of anilines is 1. The number of nitrogens with one attached hydrogen (secondary N) is 1. The molecule has 3 rings (SSSR count). The van der Waals surface area contributed by atoms with Crippen molar-refractivity contribution in [2.24, 2.45) is 0 Å². The van der Waals surface area contributed by atoms with Crippen molar-refractivity contribution in [3.05, 3.63) is 80.8 Å². The van der Waals surface area contributed by atoms with E-state index in [1.54, 1.807) is 23.7 Å². The van der Waals surface area contributed by atoms with Gasteiger partial charge in [0.2, 0.25) is 0 Å². The molecule has 0 saturated heterocycles. The first-order chi connectivity index (χ1) is 12.6. The van der Waals surface area contributed by atoms with Crippen LogP contribution in [0.3, 0.4) is 0 Å². The fourth-order valence-corrected chi connectivity index (χ4v) is 3.13. The fourth-order valence-electron chi connectivity index (χ4n) is 2.34. The maximum atomic E-state index is 10.9. The number of aromatic nitrogens is 1. The first-order valence-corrected chi connectivity index (χ1v) is 8.59. The summed E-state index contributed by atoms with van der Waals surface area (Å²) in [6.45, 7) is 1.98. The Bertz CT molecular complexity index is 1030. The van der Waals surface area contributed by atoms with E-state index >= 15 is 0 Å². The minimum absolute atomic E-state index is 0.00863. The van der Waals surface area contributed by atoms with Crippen molar-refractivity contribution in [2.45, 2.75) is 6.92 Å². The number of aryl methyl sites for hydroxylation is 1. The zero-order chi connectivity index (χ0) is 18.5. The molecule has 0 atom stereocenters. The molecule has 6 nitrogen and oxygen atoms in total. The normalized spacial score (nSPS) is 11.0. The van der Waals surface area contributed by atoms with Gasteiger partial charge in [-0.3, -0.25) is 10.1 Å². The van der Waals surface area contributed by atoms with Crippen molar-refractivity contribution in [2.75, 3.05) is 5.32 Å². The van der Waals surface area contributed by atoms with Crippen LogP contribution in [0.4, 0.5) is 11.4 Å². The van der Waals surface area contributed by atoms with Gasteiger partial charge in [-0.2, -0.15) is 5.26 Å². The van der Waals surface area contributed by atoms with Gasteiger partial charge in [0.15, 0.2) is 0 Å². The molecule has 0 unspecified atom stereocenters. The van der Waals surface area contributed by atoms with Gasteiger partial charge in [-0.25, -0.2) is 4.98 Å². The molecule has 0 bridgehead atoms. The standard InChI is InChI=1S/C19H14N4O2S/c1-13-5-2-3-8-17(13)21-11-15(10-20)19-22-18(12-26-19)14-6-4-7-16(9-14)23(24)25/h2-9,11-12,21H,1H3/b15-11-. The minimum Gasteiger partial charge on any atom is -0.360 e. The monoisotopic (exact) mass is 362 g/mol. The number of nitriles is 1. The first kappa shape index (κ1) is 17.3. The lowest BCUT2D eigenvalue weighted by molar-refractivity contribution is -0.384. The fraction of sp³-hybridized carbons (Fsp3) is 0.0526. The van der Waals surface area contributed by atoms with E-state index in [4.69, 9.17) is 0 Å². The summed E-state index contributed by atoms with van der Waals surface area (Å²) in [7, 11) is 0. The SMILES string of the molecule is Cc1ccccc1N/C=C(/C#N)c1nc(-c2cccc([N+](=O)[O-])c2)cs1. The molecule has 1 N–H and O–H groups in total. The Morgan fingerprint density at radius 1 is 1.31 bits per heavy atom. The van der Waals surface area contributed by atoms with Crippen molar-refractivity contribution in [1.82, 2.24) is 4.98 Å². The number of nitro groups is 1. The number of benzene rings is 2. The molecule has 0 aliphatic rings. The van der Waals surface area contributed by atoms with E-state index < -0.39 is 4.92 Å². The third kappa shape index (κ3) is 3.77. The second-order valence-electron chi connectivity index (χ2n) is 5.47. The zero-order valence-electron chi connectivity index (χ0n) is 13.8. The second kappa shape index (κ2) is 7.59. The number of hydrogen-bond donors (Lipinski definition) is 1. The Hall–Kier alpha value is -3.50. The van der Waals surface area contributed by atoms with E-state index in [2.05, 4.69) is 16.4 Å². The summed E-state index contributed by atoms with van der Waals surface area (Å²) >= 11 is 1.32. The number of thiazole rings is 1. The summed E-state index contributed by atoms with van der Waals surface area (Å²) in [6.07, 6.45) is 1.62. The molecule has 128 valence electrons. The number of non-ortho nitro benzene ring substituents is 1. The van der Waals surface area contributed by atoms with Gasteiger partial charge in [0, 0.05) is 35.0 Å². The van der Waals surface area contributed by atoms with Crippen molar-refractivity contribution in [3.8, 4) is 17.3 Å². The highest BCUT2D eigenvalue weighted by Gasteiger charge is 2.12. The number of hydrogen-bond acceptors (Lipinski definition) is 6. The highest BCUT2D eigenvalue weighted by Crippen LogP contribution is 2.28. The molecule has 0 spiro atoms. The van der Waals surface area contributed by atoms with Crippen LogP contribution in [0, 0.1) is 28.4 Å². The lowest BCUT2D eigenvalue weighted by Gasteiger charge is -2.04. The summed E-state index contributed by atoms with van der Waals surface area (Å²) < 4.78 is 0. The number of allylic oxidation sites excluding steroid dienone is 1. The molecule has 7 heteroatoms. The van der Waals surface area contributed by atoms with Gasteiger partial charge in [-0.15, -0.1) is 11.3 Å². The van der Waals surface area contributed by atoms with E-state index in [9.17, 15) is 15.4 Å². The molecular formula is C19H14N4O2S. The molecule has 2 aromatic carbocycles. The highest BCUT2D eigenvalue weighted by molar-refractivity contribution is 7.11. The molecule has 0 amide bonds. The maximum absolute atomic E-state index is 10.9. The number of nitro benzene ring substituents is 1. The van der Waals surface area contributed by atoms with Crippen LogP contribution in [0.1, 0.15) is 10.6 Å². The van der Waals surface area contributed by atoms with Crippen LogP contribution in [-0.2, 0) is 0 Å². The van der Waals surface area contributed by atoms with Crippen LogP contribution in [-0.4, -0.2) is 9.91 Å². The maximum Gasteiger partial charge on any atom is 0.270 e. The zero-order valence-corrected chi connectivity index (χ0v) is 14.7. The quantitative estimate of drug-likeness (QED) is 0.391. The predicted octanol–water partition coefficient (Wildman–Crippen LogP) is 5.00. The Morgan fingerprint density at radius 3 is 2.85 bits per heavy atom. The van der Waals surface area contributed by atoms with Gasteiger partial charge in [0.25, 0.3) is 5.69 Å². The van der Waals surface area contributed by atoms with E-state index in [0.717, 1.165) is 11.3 Å². The lowest BCUT2D eigenvalue weighted by atomic mass is 10.1. The van der Waals surface area contributed by atoms with Gasteiger partial charge in [0.05, 0.1) is 10.6 Å². The molecule has 0 aliphatic heterocycles. The summed E-state index contributed by atoms with van der Waals surface area (Å²) in [5, 5.41) is 25.8. The van der Waals surface area contributed by atoms with Gasteiger partial charge < -0.3 is 5.32 Å². The van der Waals surface area contributed by atoms with Gasteiger partial charge >= 0.3 is 0 Å². The third-order valence-electron chi connectivity index (χ3n) is 3.72. The highest BCUT2D eigenvalue weighted by atomic mass is 32.1. The van der Waals surface area contributed by atoms with Crippen LogP contribution in [0.5, 0.6) is 0 Å². The summed E-state index contributed by atoms with van der Waals surface area (Å²) in [4.78, 5) is 14.9. The van der Waals surface area contributed by atoms with Gasteiger partial charge in [0.1, 0.15) is 16.6 Å². The Kier molecular flexibility index (Phi) is 5.06. The molecule has 3 aromatic rings. The van der Waals surface area contributed by atoms with Crippen LogP contribution in [0.25, 0.3) is 16.8 Å². The largest absolute Gasteiger partial charge is 0.360 e. The molecule has 26 heavy (non-hydrogen) atoms. The molecule has 0 fully saturated rings. The van der Waals surface area contributed by atoms with Crippen LogP contribution in [0.15, 0.2) is 60.1 Å². The van der Waals surface area contributed by atoms with E-state index in [-0.39, 0.29) is 5.69 Å². The Labute approximate surface area is 154 Å². The Balaban J connectivity index is 1.87. The smallest absolute Gasteiger partial charge is 0.270 e. The molecule has 0 radical (unpaired) electrons. The number of nitrogens with zero attached hydrogens (tertiary/aromatic N) is 3. The summed E-state index contributed by atoms with van der Waals surface area (Å²) in [5.41, 5.74) is 3.63. The number of para-hydroxylation sites is 1. The third-order valence-corrected chi connectivity index (χ3v) is 4.60. The van der Waals surface area contributed by atoms with E-state index in [1.165, 1.54) is 23.5 Å². The summed E-state index contributed by atoms with van der Waals surface area (Å²) in [6, 6.07) is 16.2. The van der Waals surface area contributed by atoms with E-state index in [0.29, 0.717) is 21.8 Å². The number of rotatable bonds is 5. The molecule has 1 heterocycles. The van der Waals surface area contributed by atoms with Gasteiger partial charge in [-0.1, -0.05) is 30.3 Å². The second-order valence-corrected chi connectivity index (χ2v) is 6.33. The minimum atomic E-state index is -0.441. The molecule has 0 aliphatic carbocycles. The van der Waals surface area contributed by atoms with Crippen LogP contribution in [0.2, 0.25) is 0 Å². The molecule has 0 saturated carbocycles. The molecule has 1 aromatic heterocycles. The van der Waals surface area contributed by atoms with Crippen LogP contribution >= 0.6 is 11.3 Å². The average Bonchev–Trinajstić information content (AvgIpc) is 3.14. The summed E-state index contributed by atoms with van der Waals surface area (Å²) in [5.74, 6) is 0. The van der Waals surface area contributed by atoms with Crippen LogP contribution < -0.4 is 5.32 Å². The molecular weight excluding hydrogens is 348 g/mol.